The molecule has 0 saturated carbocycles. The summed E-state index contributed by atoms with van der Waals surface area (Å²) in [5.74, 6) is 0. The van der Waals surface area contributed by atoms with Crippen LogP contribution in [0.5, 0.6) is 0 Å². The van der Waals surface area contributed by atoms with Gasteiger partial charge in [0, 0.05) is 0 Å². The van der Waals surface area contributed by atoms with E-state index >= 15 is 0 Å². The summed E-state index contributed by atoms with van der Waals surface area (Å²) < 4.78 is 2.17. The monoisotopic (exact) mass is 283 g/mol. The minimum absolute atomic E-state index is 1.20. The van der Waals surface area contributed by atoms with Crippen molar-refractivity contribution in [2.75, 3.05) is 21.1 Å². The molecule has 0 amide bonds. The van der Waals surface area contributed by atoms with Gasteiger partial charge in [-0.15, -0.1) is 0 Å². The fourth-order valence-electron chi connectivity index (χ4n) is 0.675. The molecule has 0 atom stereocenters. The van der Waals surface area contributed by atoms with Gasteiger partial charge in [-0.25, -0.2) is 0 Å². The maximum atomic E-state index is 2.17. The van der Waals surface area contributed by atoms with Crippen LogP contribution in [0.15, 0.2) is 34.4 Å². The molecule has 0 fully saturated rings. The summed E-state index contributed by atoms with van der Waals surface area (Å²) >= 11 is 1.20. The predicted octanol–water partition coefficient (Wildman–Crippen LogP) is 1.74. The van der Waals surface area contributed by atoms with E-state index in [0.29, 0.717) is 0 Å². The summed E-state index contributed by atoms with van der Waals surface area (Å²) in [6, 6.07) is 10.3. The van der Waals surface area contributed by atoms with Gasteiger partial charge in [-0.05, 0) is 21.1 Å². The van der Waals surface area contributed by atoms with Crippen LogP contribution in [0.25, 0.3) is 6.08 Å². The van der Waals surface area contributed by atoms with Gasteiger partial charge in [-0.1, -0.05) is 0 Å². The van der Waals surface area contributed by atoms with Gasteiger partial charge in [0.05, 0.1) is 0 Å². The van der Waals surface area contributed by atoms with Crippen LogP contribution in [0, 0.1) is 0 Å². The molecule has 0 aliphatic heterocycles. The van der Waals surface area contributed by atoms with E-state index in [2.05, 4.69) is 34.4 Å². The zero-order chi connectivity index (χ0) is 10.1. The summed E-state index contributed by atoms with van der Waals surface area (Å²) in [6.07, 6.45) is 2.14. The summed E-state index contributed by atoms with van der Waals surface area (Å²) in [5.41, 5.74) is 1.30. The van der Waals surface area contributed by atoms with Gasteiger partial charge in [0.1, 0.15) is 0 Å². The van der Waals surface area contributed by atoms with Crippen molar-refractivity contribution < 1.29 is 0 Å². The molecule has 1 rings (SSSR count). The molecule has 13 heavy (non-hydrogen) atoms. The SMILES string of the molecule is CN(C)C.[SnH][CH]=Cc1ccccc1. The molecule has 1 aromatic rings. The summed E-state index contributed by atoms with van der Waals surface area (Å²) in [7, 11) is 6.00. The fourth-order valence-corrected chi connectivity index (χ4v) is 1.31. The molecule has 0 N–H and O–H groups in total. The van der Waals surface area contributed by atoms with Crippen LogP contribution in [0.1, 0.15) is 5.56 Å². The summed E-state index contributed by atoms with van der Waals surface area (Å²) in [4.78, 5) is 2.00. The third-order valence-corrected chi connectivity index (χ3v) is 1.64. The van der Waals surface area contributed by atoms with Crippen molar-refractivity contribution in [3.05, 3.63) is 40.0 Å². The van der Waals surface area contributed by atoms with Crippen molar-refractivity contribution in [2.45, 2.75) is 0 Å². The van der Waals surface area contributed by atoms with Crippen LogP contribution in [-0.4, -0.2) is 48.6 Å². The van der Waals surface area contributed by atoms with E-state index in [1.54, 1.807) is 0 Å². The Morgan fingerprint density at radius 1 is 1.08 bits per heavy atom. The van der Waals surface area contributed by atoms with Gasteiger partial charge < -0.3 is 4.90 Å². The Morgan fingerprint density at radius 3 is 1.92 bits per heavy atom. The molecule has 0 aromatic heterocycles. The normalized spacial score (nSPS) is 9.92. The van der Waals surface area contributed by atoms with Crippen molar-refractivity contribution in [3.8, 4) is 0 Å². The molecule has 0 spiro atoms. The molecule has 70 valence electrons. The third kappa shape index (κ3) is 9.63. The van der Waals surface area contributed by atoms with E-state index in [1.807, 2.05) is 32.1 Å². The average Bonchev–Trinajstić information content (AvgIpc) is 2.06. The summed E-state index contributed by atoms with van der Waals surface area (Å²) in [5, 5.41) is 0. The molecule has 0 aliphatic rings. The average molecular weight is 282 g/mol. The Hall–Kier alpha value is -0.281. The molecular weight excluding hydrogens is 265 g/mol. The van der Waals surface area contributed by atoms with Crippen LogP contribution in [0.2, 0.25) is 0 Å². The zero-order valence-corrected chi connectivity index (χ0v) is 11.9. The van der Waals surface area contributed by atoms with Gasteiger partial charge in [-0.3, -0.25) is 0 Å². The van der Waals surface area contributed by atoms with Gasteiger partial charge >= 0.3 is 68.6 Å². The van der Waals surface area contributed by atoms with Gasteiger partial charge in [0.15, 0.2) is 0 Å². The number of benzene rings is 1. The second kappa shape index (κ2) is 8.32. The first-order chi connectivity index (χ1) is 6.16. The van der Waals surface area contributed by atoms with Crippen LogP contribution < -0.4 is 0 Å². The molecule has 0 saturated heterocycles. The molecule has 1 aromatic carbocycles. The van der Waals surface area contributed by atoms with Crippen molar-refractivity contribution in [1.29, 1.82) is 0 Å². The predicted molar refractivity (Wildman–Crippen MR) is 62.2 cm³/mol. The van der Waals surface area contributed by atoms with Crippen LogP contribution in [0.4, 0.5) is 0 Å². The Balaban J connectivity index is 0.000000310. The van der Waals surface area contributed by atoms with Crippen molar-refractivity contribution in [3.63, 3.8) is 0 Å². The van der Waals surface area contributed by atoms with Crippen LogP contribution in [-0.2, 0) is 0 Å². The van der Waals surface area contributed by atoms with Crippen LogP contribution >= 0.6 is 0 Å². The Bertz CT molecular complexity index is 226. The van der Waals surface area contributed by atoms with E-state index in [9.17, 15) is 0 Å². The molecular formula is C11H17NSn. The molecule has 1 nitrogen and oxygen atoms in total. The first-order valence-corrected chi connectivity index (χ1v) is 6.11. The van der Waals surface area contributed by atoms with Gasteiger partial charge in [-0.2, -0.15) is 0 Å². The van der Waals surface area contributed by atoms with Gasteiger partial charge in [0.2, 0.25) is 0 Å². The zero-order valence-electron chi connectivity index (χ0n) is 8.57. The standard InChI is InChI=1S/C8H7.C3H9N.Sn.H/c1-2-8-6-4-3-5-7-8;1-4(2)3;;/h1-7H;1-3H3;;. The molecule has 0 heterocycles. The van der Waals surface area contributed by atoms with E-state index < -0.39 is 0 Å². The topological polar surface area (TPSA) is 3.24 Å². The Kier molecular flexibility index (Phi) is 8.14. The van der Waals surface area contributed by atoms with Crippen molar-refractivity contribution in [2.24, 2.45) is 0 Å². The second-order valence-corrected chi connectivity index (χ2v) is 4.21. The van der Waals surface area contributed by atoms with Crippen LogP contribution in [0.3, 0.4) is 0 Å². The Labute approximate surface area is 94.5 Å². The van der Waals surface area contributed by atoms with Crippen molar-refractivity contribution >= 4 is 28.6 Å². The third-order valence-electron chi connectivity index (χ3n) is 1.09. The molecule has 0 bridgehead atoms. The van der Waals surface area contributed by atoms with Gasteiger partial charge in [0.25, 0.3) is 0 Å². The molecule has 0 unspecified atom stereocenters. The van der Waals surface area contributed by atoms with E-state index in [4.69, 9.17) is 0 Å². The first-order valence-electron chi connectivity index (χ1n) is 4.21. The van der Waals surface area contributed by atoms with Crippen molar-refractivity contribution in [1.82, 2.24) is 4.90 Å². The number of nitrogens with zero attached hydrogens (tertiary/aromatic N) is 1. The maximum absolute atomic E-state index is 2.17. The van der Waals surface area contributed by atoms with E-state index in [-0.39, 0.29) is 0 Å². The summed E-state index contributed by atoms with van der Waals surface area (Å²) in [6.45, 7) is 0. The molecule has 2 radical (unpaired) electrons. The Morgan fingerprint density at radius 2 is 1.54 bits per heavy atom. The number of hydrogen-bond donors (Lipinski definition) is 0. The minimum atomic E-state index is 1.20. The fraction of sp³-hybridized carbons (Fsp3) is 0.273. The number of rotatable bonds is 1. The number of hydrogen-bond acceptors (Lipinski definition) is 1. The second-order valence-electron chi connectivity index (χ2n) is 3.11. The molecule has 2 heteroatoms. The quantitative estimate of drug-likeness (QED) is 0.709. The first kappa shape index (κ1) is 12.7. The van der Waals surface area contributed by atoms with E-state index in [1.165, 1.54) is 28.1 Å². The van der Waals surface area contributed by atoms with E-state index in [0.717, 1.165) is 0 Å². The molecule has 0 aliphatic carbocycles.